The molecule has 0 aliphatic carbocycles. The Morgan fingerprint density at radius 3 is 1.87 bits per heavy atom. The maximum absolute atomic E-state index is 3.66. The minimum absolute atomic E-state index is 0.298. The molecule has 0 N–H and O–H groups in total. The Morgan fingerprint density at radius 2 is 1.60 bits per heavy atom. The van der Waals surface area contributed by atoms with Crippen molar-refractivity contribution >= 4 is 0 Å². The Bertz CT molecular complexity index is 189. The average molecular weight is 208 g/mol. The van der Waals surface area contributed by atoms with Gasteiger partial charge in [0.25, 0.3) is 0 Å². The van der Waals surface area contributed by atoms with Gasteiger partial charge in [0.1, 0.15) is 0 Å². The van der Waals surface area contributed by atoms with E-state index in [9.17, 15) is 0 Å². The Kier molecular flexibility index (Phi) is 10.8. The fourth-order valence-corrected chi connectivity index (χ4v) is 1.05. The molecule has 0 spiro atoms. The van der Waals surface area contributed by atoms with Crippen LogP contribution in [0, 0.1) is 11.3 Å². The molecule has 0 radical (unpaired) electrons. The van der Waals surface area contributed by atoms with Crippen molar-refractivity contribution in [3.05, 3.63) is 37.0 Å². The topological polar surface area (TPSA) is 0 Å². The van der Waals surface area contributed by atoms with Crippen LogP contribution in [0.1, 0.15) is 48.0 Å². The zero-order valence-electron chi connectivity index (χ0n) is 11.4. The minimum atomic E-state index is 0.298. The first-order valence-electron chi connectivity index (χ1n) is 5.86. The van der Waals surface area contributed by atoms with Crippen LogP contribution in [0.4, 0.5) is 0 Å². The third-order valence-corrected chi connectivity index (χ3v) is 1.85. The van der Waals surface area contributed by atoms with E-state index in [0.717, 1.165) is 0 Å². The van der Waals surface area contributed by atoms with E-state index < -0.39 is 0 Å². The van der Waals surface area contributed by atoms with Gasteiger partial charge in [-0.3, -0.25) is 0 Å². The quantitative estimate of drug-likeness (QED) is 0.431. The molecule has 0 aliphatic rings. The molecule has 1 unspecified atom stereocenters. The van der Waals surface area contributed by atoms with Gasteiger partial charge in [-0.1, -0.05) is 78.0 Å². The molecule has 0 saturated carbocycles. The fourth-order valence-electron chi connectivity index (χ4n) is 1.05. The number of hydrogen-bond acceptors (Lipinski definition) is 0. The molecular weight excluding hydrogens is 180 g/mol. The Hall–Kier alpha value is -0.780. The molecule has 0 amide bonds. The van der Waals surface area contributed by atoms with Crippen LogP contribution in [0.15, 0.2) is 37.0 Å². The zero-order valence-corrected chi connectivity index (χ0v) is 11.4. The van der Waals surface area contributed by atoms with Crippen LogP contribution >= 0.6 is 0 Å². The Balaban J connectivity index is 0. The van der Waals surface area contributed by atoms with Crippen molar-refractivity contribution in [3.63, 3.8) is 0 Å². The van der Waals surface area contributed by atoms with Crippen molar-refractivity contribution in [2.75, 3.05) is 0 Å². The van der Waals surface area contributed by atoms with Gasteiger partial charge in [-0.05, 0) is 18.3 Å². The van der Waals surface area contributed by atoms with E-state index >= 15 is 0 Å². The molecule has 0 saturated heterocycles. The minimum Gasteiger partial charge on any atom is -0.0991 e. The summed E-state index contributed by atoms with van der Waals surface area (Å²) < 4.78 is 0. The maximum Gasteiger partial charge on any atom is -0.000186 e. The van der Waals surface area contributed by atoms with Crippen LogP contribution in [0.5, 0.6) is 0 Å². The summed E-state index contributed by atoms with van der Waals surface area (Å²) in [5.74, 6) is 0.500. The van der Waals surface area contributed by atoms with Gasteiger partial charge < -0.3 is 0 Å². The number of rotatable bonds is 3. The Morgan fingerprint density at radius 1 is 1.13 bits per heavy atom. The van der Waals surface area contributed by atoms with Gasteiger partial charge in [-0.25, -0.2) is 0 Å². The summed E-state index contributed by atoms with van der Waals surface area (Å²) >= 11 is 0. The van der Waals surface area contributed by atoms with Crippen molar-refractivity contribution < 1.29 is 0 Å². The molecule has 88 valence electrons. The maximum atomic E-state index is 3.66. The molecule has 1 atom stereocenters. The zero-order chi connectivity index (χ0) is 12.3. The van der Waals surface area contributed by atoms with E-state index in [4.69, 9.17) is 0 Å². The fraction of sp³-hybridized carbons (Fsp3) is 0.600. The lowest BCUT2D eigenvalue weighted by molar-refractivity contribution is 0.343. The van der Waals surface area contributed by atoms with Crippen LogP contribution in [0.3, 0.4) is 0 Å². The summed E-state index contributed by atoms with van der Waals surface area (Å²) in [5.41, 5.74) is 0.298. The lowest BCUT2D eigenvalue weighted by atomic mass is 9.80. The highest BCUT2D eigenvalue weighted by Crippen LogP contribution is 2.28. The largest absolute Gasteiger partial charge is 0.0991 e. The van der Waals surface area contributed by atoms with Gasteiger partial charge in [0.15, 0.2) is 0 Å². The molecule has 0 aromatic carbocycles. The smallest absolute Gasteiger partial charge is 0.000186 e. The van der Waals surface area contributed by atoms with E-state index in [1.807, 2.05) is 12.2 Å². The van der Waals surface area contributed by atoms with Gasteiger partial charge in [-0.15, -0.1) is 0 Å². The summed E-state index contributed by atoms with van der Waals surface area (Å²) in [5, 5.41) is 0. The lowest BCUT2D eigenvalue weighted by Crippen LogP contribution is -2.15. The van der Waals surface area contributed by atoms with Gasteiger partial charge in [0.2, 0.25) is 0 Å². The highest BCUT2D eigenvalue weighted by atomic mass is 14.2. The molecule has 0 aromatic heterocycles. The second-order valence-corrected chi connectivity index (χ2v) is 4.75. The van der Waals surface area contributed by atoms with Crippen molar-refractivity contribution in [1.82, 2.24) is 0 Å². The highest BCUT2D eigenvalue weighted by Gasteiger charge is 2.18. The average Bonchev–Trinajstić information content (AvgIpc) is 2.11. The normalized spacial score (nSPS) is 13.7. The van der Waals surface area contributed by atoms with Crippen molar-refractivity contribution in [2.45, 2.75) is 48.0 Å². The van der Waals surface area contributed by atoms with Gasteiger partial charge in [-0.2, -0.15) is 0 Å². The van der Waals surface area contributed by atoms with Crippen LogP contribution in [-0.2, 0) is 0 Å². The first-order valence-corrected chi connectivity index (χ1v) is 5.86. The molecule has 0 nitrogen and oxygen atoms in total. The van der Waals surface area contributed by atoms with Crippen molar-refractivity contribution in [3.8, 4) is 0 Å². The van der Waals surface area contributed by atoms with E-state index in [2.05, 4.69) is 66.3 Å². The summed E-state index contributed by atoms with van der Waals surface area (Å²) in [6.45, 7) is 16.7. The van der Waals surface area contributed by atoms with Crippen LogP contribution in [0.25, 0.3) is 0 Å². The summed E-state index contributed by atoms with van der Waals surface area (Å²) in [7, 11) is 0. The molecule has 0 heteroatoms. The third-order valence-electron chi connectivity index (χ3n) is 1.85. The third kappa shape index (κ3) is 11.1. The van der Waals surface area contributed by atoms with Crippen LogP contribution < -0.4 is 0 Å². The predicted molar refractivity (Wildman–Crippen MR) is 73.1 cm³/mol. The summed E-state index contributed by atoms with van der Waals surface area (Å²) in [6.07, 6.45) is 11.6. The van der Waals surface area contributed by atoms with Gasteiger partial charge in [0, 0.05) is 0 Å². The second kappa shape index (κ2) is 9.76. The SMILES string of the molecule is C=CC=CC(/C=C\C)C(C)(C)C.CCC. The van der Waals surface area contributed by atoms with E-state index in [0.29, 0.717) is 11.3 Å². The lowest BCUT2D eigenvalue weighted by Gasteiger charge is -2.25. The van der Waals surface area contributed by atoms with Crippen molar-refractivity contribution in [1.29, 1.82) is 0 Å². The monoisotopic (exact) mass is 208 g/mol. The van der Waals surface area contributed by atoms with Crippen LogP contribution in [0.2, 0.25) is 0 Å². The molecule has 0 fully saturated rings. The molecule has 0 aromatic rings. The first-order chi connectivity index (χ1) is 6.93. The second-order valence-electron chi connectivity index (χ2n) is 4.75. The standard InChI is InChI=1S/C12H20.C3H8/c1-6-8-10-11(9-7-2)12(3,4)5;1-3-2/h6-11H,1H2,2-5H3;3H2,1-2H3/b9-7-,10-8?;. The van der Waals surface area contributed by atoms with E-state index in [-0.39, 0.29) is 0 Å². The molecule has 0 aliphatic heterocycles. The van der Waals surface area contributed by atoms with Crippen molar-refractivity contribution in [2.24, 2.45) is 11.3 Å². The molecule has 0 bridgehead atoms. The Labute approximate surface area is 96.8 Å². The van der Waals surface area contributed by atoms with E-state index in [1.54, 1.807) is 0 Å². The number of hydrogen-bond donors (Lipinski definition) is 0. The first kappa shape index (κ1) is 16.6. The highest BCUT2D eigenvalue weighted by molar-refractivity contribution is 5.09. The molecule has 0 rings (SSSR count). The van der Waals surface area contributed by atoms with Gasteiger partial charge in [0.05, 0.1) is 0 Å². The summed E-state index contributed by atoms with van der Waals surface area (Å²) in [6, 6.07) is 0. The summed E-state index contributed by atoms with van der Waals surface area (Å²) in [4.78, 5) is 0. The van der Waals surface area contributed by atoms with Gasteiger partial charge >= 0.3 is 0 Å². The molecular formula is C15H28. The predicted octanol–water partition coefficient (Wildman–Crippen LogP) is 5.38. The molecule has 0 heterocycles. The molecule has 15 heavy (non-hydrogen) atoms. The van der Waals surface area contributed by atoms with E-state index in [1.165, 1.54) is 6.42 Å². The van der Waals surface area contributed by atoms with Crippen LogP contribution in [-0.4, -0.2) is 0 Å². The number of allylic oxidation sites excluding steroid dienone is 5.